The number of hydrogen-bond acceptors (Lipinski definition) is 8. The Morgan fingerprint density at radius 2 is 1.80 bits per heavy atom. The third-order valence-electron chi connectivity index (χ3n) is 4.07. The average molecular weight is 457 g/mol. The maximum Gasteiger partial charge on any atom is 0.350 e. The molecule has 11 heteroatoms. The van der Waals surface area contributed by atoms with Gasteiger partial charge in [0.05, 0.1) is 39.3 Å². The van der Waals surface area contributed by atoms with E-state index in [4.69, 9.17) is 14.2 Å². The summed E-state index contributed by atoms with van der Waals surface area (Å²) in [5.74, 6) is -0.0895. The standard InChI is InChI=1S/C19H24N2O7S2/c1-6-28-19(23)18-13(20-17(22)11-21(2)30(5,24)25)10-16(29-18)12-7-8-14(26-3)15(9-12)27-4/h7-10H,6,11H2,1-5H3,(H,20,22). The summed E-state index contributed by atoms with van der Waals surface area (Å²) in [6, 6.07) is 6.92. The third-order valence-corrected chi connectivity index (χ3v) is 6.49. The fraction of sp³-hybridized carbons (Fsp3) is 0.368. The number of methoxy groups -OCH3 is 2. The Bertz CT molecular complexity index is 1030. The number of nitrogens with zero attached hydrogens (tertiary/aromatic N) is 1. The van der Waals surface area contributed by atoms with Gasteiger partial charge in [0, 0.05) is 11.9 Å². The summed E-state index contributed by atoms with van der Waals surface area (Å²) >= 11 is 1.14. The number of benzene rings is 1. The van der Waals surface area contributed by atoms with E-state index in [1.165, 1.54) is 21.3 Å². The Balaban J connectivity index is 2.39. The molecule has 1 N–H and O–H groups in total. The van der Waals surface area contributed by atoms with Gasteiger partial charge in [-0.15, -0.1) is 11.3 Å². The number of carbonyl (C=O) groups is 2. The summed E-state index contributed by atoms with van der Waals surface area (Å²) in [6.45, 7) is 1.47. The van der Waals surface area contributed by atoms with Crippen molar-refractivity contribution in [2.45, 2.75) is 6.92 Å². The number of anilines is 1. The second-order valence-corrected chi connectivity index (χ2v) is 9.35. The summed E-state index contributed by atoms with van der Waals surface area (Å²) < 4.78 is 39.6. The molecule has 0 fully saturated rings. The zero-order chi connectivity index (χ0) is 22.5. The molecule has 0 radical (unpaired) electrons. The molecule has 0 aliphatic rings. The zero-order valence-corrected chi connectivity index (χ0v) is 19.0. The first kappa shape index (κ1) is 23.6. The topological polar surface area (TPSA) is 111 Å². The number of hydrogen-bond donors (Lipinski definition) is 1. The van der Waals surface area contributed by atoms with Gasteiger partial charge in [-0.3, -0.25) is 4.79 Å². The quantitative estimate of drug-likeness (QED) is 0.577. The van der Waals surface area contributed by atoms with Gasteiger partial charge in [0.2, 0.25) is 15.9 Å². The maximum absolute atomic E-state index is 12.4. The van der Waals surface area contributed by atoms with Crippen LogP contribution in [-0.4, -0.2) is 65.3 Å². The predicted octanol–water partition coefficient (Wildman–Crippen LogP) is 2.44. The average Bonchev–Trinajstić information content (AvgIpc) is 3.10. The van der Waals surface area contributed by atoms with Crippen LogP contribution in [0.4, 0.5) is 5.69 Å². The summed E-state index contributed by atoms with van der Waals surface area (Å²) in [5.41, 5.74) is 0.993. The number of esters is 1. The van der Waals surface area contributed by atoms with Crippen LogP contribution in [0, 0.1) is 0 Å². The van der Waals surface area contributed by atoms with Crippen LogP contribution >= 0.6 is 11.3 Å². The highest BCUT2D eigenvalue weighted by atomic mass is 32.2. The molecule has 9 nitrogen and oxygen atoms in total. The molecule has 0 saturated carbocycles. The van der Waals surface area contributed by atoms with Crippen molar-refractivity contribution in [2.24, 2.45) is 0 Å². The first-order valence-electron chi connectivity index (χ1n) is 8.85. The monoisotopic (exact) mass is 456 g/mol. The molecule has 164 valence electrons. The highest BCUT2D eigenvalue weighted by Gasteiger charge is 2.22. The van der Waals surface area contributed by atoms with Gasteiger partial charge >= 0.3 is 5.97 Å². The third kappa shape index (κ3) is 5.71. The van der Waals surface area contributed by atoms with E-state index in [0.29, 0.717) is 16.4 Å². The van der Waals surface area contributed by atoms with Crippen molar-refractivity contribution in [2.75, 3.05) is 46.0 Å². The Morgan fingerprint density at radius 1 is 1.13 bits per heavy atom. The number of sulfonamides is 1. The van der Waals surface area contributed by atoms with Crippen molar-refractivity contribution < 1.29 is 32.2 Å². The zero-order valence-electron chi connectivity index (χ0n) is 17.3. The molecular formula is C19H24N2O7S2. The highest BCUT2D eigenvalue weighted by molar-refractivity contribution is 7.88. The number of likely N-dealkylation sites (N-methyl/N-ethyl adjacent to an activating group) is 1. The Morgan fingerprint density at radius 3 is 2.37 bits per heavy atom. The van der Waals surface area contributed by atoms with E-state index in [1.54, 1.807) is 31.2 Å². The molecule has 1 amide bonds. The fourth-order valence-corrected chi connectivity index (χ4v) is 3.83. The second kappa shape index (κ2) is 9.92. The van der Waals surface area contributed by atoms with Crippen LogP contribution in [0.5, 0.6) is 11.5 Å². The van der Waals surface area contributed by atoms with Crippen LogP contribution < -0.4 is 14.8 Å². The minimum absolute atomic E-state index is 0.173. The van der Waals surface area contributed by atoms with Gasteiger partial charge in [0.1, 0.15) is 4.88 Å². The van der Waals surface area contributed by atoms with Gasteiger partial charge < -0.3 is 19.5 Å². The second-order valence-electron chi connectivity index (χ2n) is 6.21. The molecule has 2 rings (SSSR count). The minimum Gasteiger partial charge on any atom is -0.493 e. The number of carbonyl (C=O) groups excluding carboxylic acids is 2. The SMILES string of the molecule is CCOC(=O)c1sc(-c2ccc(OC)c(OC)c2)cc1NC(=O)CN(C)S(C)(=O)=O. The van der Waals surface area contributed by atoms with E-state index in [0.717, 1.165) is 27.5 Å². The van der Waals surface area contributed by atoms with E-state index in [2.05, 4.69) is 5.32 Å². The molecule has 2 aromatic rings. The van der Waals surface area contributed by atoms with Gasteiger partial charge in [-0.05, 0) is 36.8 Å². The van der Waals surface area contributed by atoms with E-state index in [9.17, 15) is 18.0 Å². The molecule has 1 heterocycles. The lowest BCUT2D eigenvalue weighted by molar-refractivity contribution is -0.116. The van der Waals surface area contributed by atoms with E-state index >= 15 is 0 Å². The Labute approximate surface area is 179 Å². The van der Waals surface area contributed by atoms with Crippen molar-refractivity contribution in [3.63, 3.8) is 0 Å². The molecule has 0 spiro atoms. The molecule has 0 atom stereocenters. The van der Waals surface area contributed by atoms with Gasteiger partial charge in [-0.1, -0.05) is 0 Å². The van der Waals surface area contributed by atoms with Crippen LogP contribution in [0.25, 0.3) is 10.4 Å². The number of rotatable bonds is 9. The Hall–Kier alpha value is -2.63. The predicted molar refractivity (Wildman–Crippen MR) is 115 cm³/mol. The normalized spacial score (nSPS) is 11.3. The van der Waals surface area contributed by atoms with E-state index in [-0.39, 0.29) is 23.7 Å². The van der Waals surface area contributed by atoms with Crippen molar-refractivity contribution in [1.29, 1.82) is 0 Å². The van der Waals surface area contributed by atoms with Crippen LogP contribution in [0.15, 0.2) is 24.3 Å². The summed E-state index contributed by atoms with van der Waals surface area (Å²) in [7, 11) is 0.824. The summed E-state index contributed by atoms with van der Waals surface area (Å²) in [5, 5.41) is 2.60. The Kier molecular flexibility index (Phi) is 7.82. The van der Waals surface area contributed by atoms with Gasteiger partial charge in [0.15, 0.2) is 11.5 Å². The van der Waals surface area contributed by atoms with Crippen molar-refractivity contribution in [3.8, 4) is 21.9 Å². The molecule has 0 aliphatic carbocycles. The molecule has 0 aliphatic heterocycles. The lowest BCUT2D eigenvalue weighted by Gasteiger charge is -2.13. The smallest absolute Gasteiger partial charge is 0.350 e. The fourth-order valence-electron chi connectivity index (χ4n) is 2.47. The lowest BCUT2D eigenvalue weighted by atomic mass is 10.1. The van der Waals surface area contributed by atoms with Gasteiger partial charge in [0.25, 0.3) is 0 Å². The molecule has 1 aromatic carbocycles. The number of amides is 1. The number of nitrogens with one attached hydrogen (secondary N) is 1. The molecule has 1 aromatic heterocycles. The van der Waals surface area contributed by atoms with Crippen molar-refractivity contribution in [3.05, 3.63) is 29.1 Å². The van der Waals surface area contributed by atoms with Crippen molar-refractivity contribution >= 4 is 38.9 Å². The van der Waals surface area contributed by atoms with Gasteiger partial charge in [-0.25, -0.2) is 13.2 Å². The molecular weight excluding hydrogens is 432 g/mol. The first-order chi connectivity index (χ1) is 14.1. The molecule has 0 bridgehead atoms. The van der Waals surface area contributed by atoms with E-state index < -0.39 is 21.9 Å². The van der Waals surface area contributed by atoms with Crippen LogP contribution in [0.2, 0.25) is 0 Å². The van der Waals surface area contributed by atoms with Crippen LogP contribution in [0.3, 0.4) is 0 Å². The highest BCUT2D eigenvalue weighted by Crippen LogP contribution is 2.39. The molecule has 30 heavy (non-hydrogen) atoms. The van der Waals surface area contributed by atoms with Gasteiger partial charge in [-0.2, -0.15) is 4.31 Å². The largest absolute Gasteiger partial charge is 0.493 e. The molecule has 0 unspecified atom stereocenters. The summed E-state index contributed by atoms with van der Waals surface area (Å²) in [4.78, 5) is 25.6. The minimum atomic E-state index is -3.52. The summed E-state index contributed by atoms with van der Waals surface area (Å²) in [6.07, 6.45) is 1.00. The first-order valence-corrected chi connectivity index (χ1v) is 11.5. The van der Waals surface area contributed by atoms with Crippen LogP contribution in [0.1, 0.15) is 16.6 Å². The van der Waals surface area contributed by atoms with Crippen molar-refractivity contribution in [1.82, 2.24) is 4.31 Å². The van der Waals surface area contributed by atoms with Crippen LogP contribution in [-0.2, 0) is 19.6 Å². The number of thiophene rings is 1. The molecule has 0 saturated heterocycles. The van der Waals surface area contributed by atoms with E-state index in [1.807, 2.05) is 0 Å². The number of ether oxygens (including phenoxy) is 3. The lowest BCUT2D eigenvalue weighted by Crippen LogP contribution is -2.34. The maximum atomic E-state index is 12.4.